The molecule has 4 bridgehead atoms. The molecule has 4 atom stereocenters. The van der Waals surface area contributed by atoms with Crippen LogP contribution in [0.4, 0.5) is 0 Å². The van der Waals surface area contributed by atoms with Crippen molar-refractivity contribution in [2.45, 2.75) is 36.5 Å². The van der Waals surface area contributed by atoms with Gasteiger partial charge in [0.05, 0.1) is 0 Å². The standard InChI is InChI=1S/C16H16O8P2.2Na/c17-25(18,19)23-15-11-7-1-2-8(5-7)12(11)16(24-26(20,21)22)14-10-4-3-9(6-10)13(14)15;;/h1-4,7-10H,5-6H2,(H2,17,18,19)(H2,20,21,22);;/q;2*+1/p-2. The molecule has 0 saturated carbocycles. The van der Waals surface area contributed by atoms with E-state index < -0.39 is 15.6 Å². The average molecular weight is 442 g/mol. The van der Waals surface area contributed by atoms with Crippen LogP contribution in [0.15, 0.2) is 24.3 Å². The average Bonchev–Trinajstić information content (AvgIpc) is 3.25. The second-order valence-electron chi connectivity index (χ2n) is 7.10. The first-order valence-electron chi connectivity index (χ1n) is 8.19. The monoisotopic (exact) mass is 442 g/mol. The molecule has 1 aromatic carbocycles. The fourth-order valence-electron chi connectivity index (χ4n) is 4.93. The van der Waals surface area contributed by atoms with Gasteiger partial charge in [-0.3, -0.25) is 9.79 Å². The van der Waals surface area contributed by atoms with Gasteiger partial charge in [0, 0.05) is 45.9 Å². The Hall–Kier alpha value is 0.600. The van der Waals surface area contributed by atoms with Gasteiger partial charge < -0.3 is 23.4 Å². The summed E-state index contributed by atoms with van der Waals surface area (Å²) in [6.07, 6.45) is 8.89. The second kappa shape index (κ2) is 7.63. The minimum absolute atomic E-state index is 0. The minimum atomic E-state index is -5.29. The molecular weight excluding hydrogens is 428 g/mol. The van der Waals surface area contributed by atoms with E-state index in [1.807, 2.05) is 24.3 Å². The Kier molecular flexibility index (Phi) is 6.34. The molecule has 1 aromatic rings. The van der Waals surface area contributed by atoms with E-state index in [4.69, 9.17) is 9.05 Å². The number of benzene rings is 1. The SMILES string of the molecule is O=P([O-])([O-])Oc1c2c(c(OP(=O)(O)O)c3c1C1C=CC3C1)C1C=CC2C1.[Na+].[Na+]. The molecule has 5 rings (SSSR count). The van der Waals surface area contributed by atoms with E-state index in [1.165, 1.54) is 0 Å². The van der Waals surface area contributed by atoms with Gasteiger partial charge in [0.1, 0.15) is 19.3 Å². The number of phosphoric acid groups is 2. The summed E-state index contributed by atoms with van der Waals surface area (Å²) in [7, 11) is -10.1. The molecule has 4 unspecified atom stereocenters. The fraction of sp³-hybridized carbons (Fsp3) is 0.375. The van der Waals surface area contributed by atoms with Crippen molar-refractivity contribution in [1.29, 1.82) is 0 Å². The molecule has 0 aromatic heterocycles. The summed E-state index contributed by atoms with van der Waals surface area (Å²) < 4.78 is 33.0. The third kappa shape index (κ3) is 3.70. The first-order chi connectivity index (χ1) is 12.1. The molecule has 8 nitrogen and oxygen atoms in total. The second-order valence-corrected chi connectivity index (χ2v) is 9.34. The summed E-state index contributed by atoms with van der Waals surface area (Å²) in [4.78, 5) is 41.6. The Bertz CT molecular complexity index is 867. The van der Waals surface area contributed by atoms with Crippen LogP contribution in [0.25, 0.3) is 0 Å². The van der Waals surface area contributed by atoms with Crippen LogP contribution in [0.1, 0.15) is 58.8 Å². The summed E-state index contributed by atoms with van der Waals surface area (Å²) in [5, 5.41) is 0. The maximum atomic E-state index is 11.6. The summed E-state index contributed by atoms with van der Waals surface area (Å²) >= 11 is 0. The van der Waals surface area contributed by atoms with Crippen LogP contribution in [0.2, 0.25) is 0 Å². The Morgan fingerprint density at radius 3 is 1.36 bits per heavy atom. The molecule has 2 N–H and O–H groups in total. The van der Waals surface area contributed by atoms with Crippen molar-refractivity contribution in [3.63, 3.8) is 0 Å². The van der Waals surface area contributed by atoms with Gasteiger partial charge in [-0.1, -0.05) is 24.3 Å². The van der Waals surface area contributed by atoms with Crippen LogP contribution < -0.4 is 77.9 Å². The van der Waals surface area contributed by atoms with E-state index in [-0.39, 0.29) is 94.3 Å². The predicted octanol–water partition coefficient (Wildman–Crippen LogP) is -4.34. The Labute approximate surface area is 205 Å². The van der Waals surface area contributed by atoms with Crippen molar-refractivity contribution in [3.8, 4) is 11.5 Å². The number of phosphoric ester groups is 2. The molecule has 0 heterocycles. The Morgan fingerprint density at radius 2 is 1.07 bits per heavy atom. The molecule has 0 spiro atoms. The number of fused-ring (bicyclic) bond motifs is 10. The zero-order valence-corrected chi connectivity index (χ0v) is 21.1. The first-order valence-corrected chi connectivity index (χ1v) is 11.2. The van der Waals surface area contributed by atoms with E-state index in [9.17, 15) is 28.7 Å². The van der Waals surface area contributed by atoms with Gasteiger partial charge in [-0.2, -0.15) is 0 Å². The molecule has 12 heteroatoms. The molecule has 0 amide bonds. The Balaban J connectivity index is 0.00000112. The van der Waals surface area contributed by atoms with Crippen LogP contribution in [-0.4, -0.2) is 9.79 Å². The van der Waals surface area contributed by atoms with Gasteiger partial charge >= 0.3 is 66.9 Å². The van der Waals surface area contributed by atoms with Crippen molar-refractivity contribution in [3.05, 3.63) is 46.6 Å². The van der Waals surface area contributed by atoms with Crippen LogP contribution in [-0.2, 0) is 9.13 Å². The van der Waals surface area contributed by atoms with E-state index in [2.05, 4.69) is 0 Å². The van der Waals surface area contributed by atoms with Crippen LogP contribution in [0, 0.1) is 0 Å². The van der Waals surface area contributed by atoms with Gasteiger partial charge in [0.2, 0.25) is 0 Å². The molecular formula is C16H14Na2O8P2. The minimum Gasteiger partial charge on any atom is -0.780 e. The summed E-state index contributed by atoms with van der Waals surface area (Å²) in [5.41, 5.74) is 2.08. The summed E-state index contributed by atoms with van der Waals surface area (Å²) in [6.45, 7) is 0. The van der Waals surface area contributed by atoms with Crippen molar-refractivity contribution in [2.75, 3.05) is 0 Å². The first kappa shape index (κ1) is 23.3. The molecule has 28 heavy (non-hydrogen) atoms. The molecule has 0 aliphatic heterocycles. The number of rotatable bonds is 4. The van der Waals surface area contributed by atoms with Gasteiger partial charge in [-0.05, 0) is 12.8 Å². The van der Waals surface area contributed by atoms with E-state index in [0.29, 0.717) is 35.1 Å². The van der Waals surface area contributed by atoms with Crippen molar-refractivity contribution >= 4 is 15.6 Å². The van der Waals surface area contributed by atoms with Crippen LogP contribution in [0.5, 0.6) is 11.5 Å². The van der Waals surface area contributed by atoms with Gasteiger partial charge in [-0.15, -0.1) is 0 Å². The third-order valence-electron chi connectivity index (χ3n) is 5.62. The Morgan fingerprint density at radius 1 is 0.750 bits per heavy atom. The molecule has 0 saturated heterocycles. The summed E-state index contributed by atoms with van der Waals surface area (Å²) in [6, 6.07) is 0. The molecule has 4 aliphatic rings. The zero-order valence-electron chi connectivity index (χ0n) is 15.3. The van der Waals surface area contributed by atoms with E-state index in [1.54, 1.807) is 0 Å². The van der Waals surface area contributed by atoms with Gasteiger partial charge in [-0.25, -0.2) is 4.57 Å². The topological polar surface area (TPSA) is 139 Å². The number of hydrogen-bond acceptors (Lipinski definition) is 6. The maximum absolute atomic E-state index is 11.6. The molecule has 138 valence electrons. The normalized spacial score (nSPS) is 27.9. The van der Waals surface area contributed by atoms with Crippen LogP contribution >= 0.6 is 15.6 Å². The quantitative estimate of drug-likeness (QED) is 0.271. The molecule has 0 fully saturated rings. The zero-order chi connectivity index (χ0) is 18.4. The number of hydrogen-bond donors (Lipinski definition) is 2. The smallest absolute Gasteiger partial charge is 0.780 e. The van der Waals surface area contributed by atoms with E-state index in [0.717, 1.165) is 0 Å². The maximum Gasteiger partial charge on any atom is 1.00 e. The molecule has 0 radical (unpaired) electrons. The van der Waals surface area contributed by atoms with E-state index >= 15 is 0 Å². The van der Waals surface area contributed by atoms with Gasteiger partial charge in [0.15, 0.2) is 0 Å². The molecule has 4 aliphatic carbocycles. The van der Waals surface area contributed by atoms with Crippen molar-refractivity contribution < 1.29 is 96.9 Å². The fourth-order valence-corrected chi connectivity index (χ4v) is 5.79. The van der Waals surface area contributed by atoms with Crippen molar-refractivity contribution in [2.24, 2.45) is 0 Å². The van der Waals surface area contributed by atoms with Crippen molar-refractivity contribution in [1.82, 2.24) is 0 Å². The predicted molar refractivity (Wildman–Crippen MR) is 85.8 cm³/mol. The van der Waals surface area contributed by atoms with Crippen LogP contribution in [0.3, 0.4) is 0 Å². The summed E-state index contributed by atoms with van der Waals surface area (Å²) in [5.74, 6) is -0.464. The number of allylic oxidation sites excluding steroid dienone is 4. The largest absolute Gasteiger partial charge is 1.00 e. The third-order valence-corrected chi connectivity index (χ3v) is 6.45. The van der Waals surface area contributed by atoms with Gasteiger partial charge in [0.25, 0.3) is 0 Å².